The zero-order valence-electron chi connectivity index (χ0n) is 12.7. The van der Waals surface area contributed by atoms with Crippen LogP contribution in [0.4, 0.5) is 10.5 Å². The third-order valence-corrected chi connectivity index (χ3v) is 4.18. The Hall–Kier alpha value is -1.92. The number of aliphatic hydroxyl groups excluding tert-OH is 1. The molecule has 0 radical (unpaired) electrons. The Balaban J connectivity index is 2.01. The second-order valence-corrected chi connectivity index (χ2v) is 6.27. The number of anilines is 1. The van der Waals surface area contributed by atoms with Crippen molar-refractivity contribution in [2.45, 2.75) is 26.3 Å². The van der Waals surface area contributed by atoms with Crippen molar-refractivity contribution in [2.24, 2.45) is 5.92 Å². The van der Waals surface area contributed by atoms with Crippen LogP contribution in [0.5, 0.6) is 0 Å². The lowest BCUT2D eigenvalue weighted by atomic mass is 10.0. The molecule has 1 aromatic heterocycles. The van der Waals surface area contributed by atoms with E-state index >= 15 is 0 Å². The summed E-state index contributed by atoms with van der Waals surface area (Å²) in [5.74, 6) is 0.263. The summed E-state index contributed by atoms with van der Waals surface area (Å²) < 4.78 is 0. The number of aliphatic hydroxyl groups is 1. The minimum Gasteiger partial charge on any atom is -0.396 e. The molecule has 2 rings (SSSR count). The maximum atomic E-state index is 12.1. The van der Waals surface area contributed by atoms with Gasteiger partial charge in [-0.1, -0.05) is 26.0 Å². The number of nitrogens with one attached hydrogen (secondary N) is 2. The lowest BCUT2D eigenvalue weighted by molar-refractivity contribution is 0.227. The molecule has 1 atom stereocenters. The fraction of sp³-hybridized carbons (Fsp3) is 0.375. The predicted molar refractivity (Wildman–Crippen MR) is 90.0 cm³/mol. The summed E-state index contributed by atoms with van der Waals surface area (Å²) in [6.07, 6.45) is 2.30. The molecule has 0 spiro atoms. The first-order valence-electron chi connectivity index (χ1n) is 7.28. The number of aromatic nitrogens is 1. The van der Waals surface area contributed by atoms with Crippen molar-refractivity contribution in [3.05, 3.63) is 35.8 Å². The molecule has 2 aromatic rings. The third-order valence-electron chi connectivity index (χ3n) is 3.36. The van der Waals surface area contributed by atoms with Crippen LogP contribution < -0.4 is 10.6 Å². The van der Waals surface area contributed by atoms with Gasteiger partial charge in [0.1, 0.15) is 5.01 Å². The van der Waals surface area contributed by atoms with E-state index in [0.717, 1.165) is 16.3 Å². The highest BCUT2D eigenvalue weighted by molar-refractivity contribution is 7.13. The van der Waals surface area contributed by atoms with Gasteiger partial charge in [-0.25, -0.2) is 9.78 Å². The van der Waals surface area contributed by atoms with Crippen molar-refractivity contribution >= 4 is 23.1 Å². The molecule has 0 saturated carbocycles. The zero-order valence-corrected chi connectivity index (χ0v) is 13.6. The van der Waals surface area contributed by atoms with Crippen LogP contribution in [0.2, 0.25) is 0 Å². The van der Waals surface area contributed by atoms with E-state index in [9.17, 15) is 4.79 Å². The predicted octanol–water partition coefficient (Wildman–Crippen LogP) is 3.34. The topological polar surface area (TPSA) is 74.2 Å². The van der Waals surface area contributed by atoms with Gasteiger partial charge < -0.3 is 15.7 Å². The average Bonchev–Trinajstić information content (AvgIpc) is 3.01. The highest BCUT2D eigenvalue weighted by Gasteiger charge is 2.15. The summed E-state index contributed by atoms with van der Waals surface area (Å²) in [4.78, 5) is 16.3. The number of hydrogen-bond donors (Lipinski definition) is 3. The van der Waals surface area contributed by atoms with Crippen molar-refractivity contribution in [3.63, 3.8) is 0 Å². The van der Waals surface area contributed by atoms with Gasteiger partial charge >= 0.3 is 6.03 Å². The Kier molecular flexibility index (Phi) is 5.91. The smallest absolute Gasteiger partial charge is 0.319 e. The Morgan fingerprint density at radius 3 is 2.86 bits per heavy atom. The van der Waals surface area contributed by atoms with Crippen molar-refractivity contribution in [1.29, 1.82) is 0 Å². The van der Waals surface area contributed by atoms with E-state index in [1.165, 1.54) is 0 Å². The molecule has 0 aliphatic rings. The molecule has 22 heavy (non-hydrogen) atoms. The zero-order chi connectivity index (χ0) is 15.9. The van der Waals surface area contributed by atoms with E-state index in [1.807, 2.05) is 43.5 Å². The first kappa shape index (κ1) is 16.5. The minimum atomic E-state index is -0.261. The van der Waals surface area contributed by atoms with Crippen molar-refractivity contribution in [3.8, 4) is 10.6 Å². The molecule has 0 saturated heterocycles. The van der Waals surface area contributed by atoms with Gasteiger partial charge in [0.2, 0.25) is 0 Å². The van der Waals surface area contributed by atoms with Gasteiger partial charge in [0.15, 0.2) is 0 Å². The van der Waals surface area contributed by atoms with E-state index in [-0.39, 0.29) is 24.6 Å². The fourth-order valence-corrected chi connectivity index (χ4v) is 2.78. The van der Waals surface area contributed by atoms with Gasteiger partial charge in [-0.3, -0.25) is 0 Å². The first-order chi connectivity index (χ1) is 10.6. The normalized spacial score (nSPS) is 12.2. The van der Waals surface area contributed by atoms with Crippen LogP contribution in [-0.4, -0.2) is 28.8 Å². The molecule has 0 aliphatic heterocycles. The third kappa shape index (κ3) is 4.54. The number of carbonyl (C=O) groups excluding carboxylic acids is 1. The van der Waals surface area contributed by atoms with Gasteiger partial charge in [-0.05, 0) is 24.5 Å². The van der Waals surface area contributed by atoms with E-state index in [0.29, 0.717) is 6.42 Å². The number of amides is 2. The fourth-order valence-electron chi connectivity index (χ4n) is 2.14. The average molecular weight is 319 g/mol. The van der Waals surface area contributed by atoms with Gasteiger partial charge in [-0.2, -0.15) is 0 Å². The molecular weight excluding hydrogens is 298 g/mol. The van der Waals surface area contributed by atoms with Crippen molar-refractivity contribution < 1.29 is 9.90 Å². The van der Waals surface area contributed by atoms with Crippen molar-refractivity contribution in [1.82, 2.24) is 10.3 Å². The number of rotatable bonds is 6. The number of carbonyl (C=O) groups is 1. The second kappa shape index (κ2) is 7.91. The van der Waals surface area contributed by atoms with E-state index < -0.39 is 0 Å². The van der Waals surface area contributed by atoms with Gasteiger partial charge in [0, 0.05) is 35.5 Å². The molecule has 1 aromatic carbocycles. The summed E-state index contributed by atoms with van der Waals surface area (Å²) in [5.41, 5.74) is 1.69. The molecule has 118 valence electrons. The quantitative estimate of drug-likeness (QED) is 0.764. The van der Waals surface area contributed by atoms with Crippen LogP contribution in [-0.2, 0) is 0 Å². The largest absolute Gasteiger partial charge is 0.396 e. The summed E-state index contributed by atoms with van der Waals surface area (Å²) in [6.45, 7) is 4.09. The molecule has 0 bridgehead atoms. The Morgan fingerprint density at radius 2 is 2.23 bits per heavy atom. The summed E-state index contributed by atoms with van der Waals surface area (Å²) in [6, 6.07) is 7.28. The highest BCUT2D eigenvalue weighted by atomic mass is 32.1. The van der Waals surface area contributed by atoms with Crippen molar-refractivity contribution in [2.75, 3.05) is 11.9 Å². The lowest BCUT2D eigenvalue weighted by Crippen LogP contribution is -2.41. The van der Waals surface area contributed by atoms with E-state index in [4.69, 9.17) is 5.11 Å². The van der Waals surface area contributed by atoms with E-state index in [1.54, 1.807) is 17.5 Å². The van der Waals surface area contributed by atoms with Crippen LogP contribution >= 0.6 is 11.3 Å². The molecule has 1 heterocycles. The van der Waals surface area contributed by atoms with Crippen LogP contribution in [0.3, 0.4) is 0 Å². The molecule has 5 nitrogen and oxygen atoms in total. The van der Waals surface area contributed by atoms with E-state index in [2.05, 4.69) is 15.6 Å². The van der Waals surface area contributed by atoms with Gasteiger partial charge in [0.05, 0.1) is 0 Å². The summed E-state index contributed by atoms with van der Waals surface area (Å²) >= 11 is 1.56. The summed E-state index contributed by atoms with van der Waals surface area (Å²) in [5, 5.41) is 17.6. The molecule has 0 unspecified atom stereocenters. The second-order valence-electron chi connectivity index (χ2n) is 5.38. The molecular formula is C16H21N3O2S. The number of urea groups is 1. The SMILES string of the molecule is CC(C)[C@@H](CCO)NC(=O)Nc1cccc(-c2nccs2)c1. The van der Waals surface area contributed by atoms with Crippen LogP contribution in [0.15, 0.2) is 35.8 Å². The Labute approximate surface area is 134 Å². The summed E-state index contributed by atoms with van der Waals surface area (Å²) in [7, 11) is 0. The Bertz CT molecular complexity index is 599. The molecule has 0 fully saturated rings. The molecule has 2 amide bonds. The van der Waals surface area contributed by atoms with Crippen LogP contribution in [0, 0.1) is 5.92 Å². The first-order valence-corrected chi connectivity index (χ1v) is 8.16. The maximum Gasteiger partial charge on any atom is 0.319 e. The Morgan fingerprint density at radius 1 is 1.41 bits per heavy atom. The number of thiazole rings is 1. The monoisotopic (exact) mass is 319 g/mol. The lowest BCUT2D eigenvalue weighted by Gasteiger charge is -2.21. The number of nitrogens with zero attached hydrogens (tertiary/aromatic N) is 1. The minimum absolute atomic E-state index is 0.0489. The van der Waals surface area contributed by atoms with Gasteiger partial charge in [0.25, 0.3) is 0 Å². The van der Waals surface area contributed by atoms with Crippen LogP contribution in [0.1, 0.15) is 20.3 Å². The molecule has 6 heteroatoms. The van der Waals surface area contributed by atoms with Crippen LogP contribution in [0.25, 0.3) is 10.6 Å². The highest BCUT2D eigenvalue weighted by Crippen LogP contribution is 2.24. The number of benzene rings is 1. The molecule has 0 aliphatic carbocycles. The molecule has 3 N–H and O–H groups in total. The number of hydrogen-bond acceptors (Lipinski definition) is 4. The standard InChI is InChI=1S/C16H21N3O2S/c1-11(2)14(6-8-20)19-16(21)18-13-5-3-4-12(10-13)15-17-7-9-22-15/h3-5,7,9-11,14,20H,6,8H2,1-2H3,(H2,18,19,21)/t14-/m1/s1. The van der Waals surface area contributed by atoms with Gasteiger partial charge in [-0.15, -0.1) is 11.3 Å². The maximum absolute atomic E-state index is 12.1.